The molecule has 5 unspecified atom stereocenters. The fourth-order valence-corrected chi connectivity index (χ4v) is 8.55. The molecule has 180 valence electrons. The van der Waals surface area contributed by atoms with Gasteiger partial charge < -0.3 is 30.3 Å². The predicted molar refractivity (Wildman–Crippen MR) is 115 cm³/mol. The van der Waals surface area contributed by atoms with Crippen LogP contribution in [-0.4, -0.2) is 89.7 Å². The highest BCUT2D eigenvalue weighted by molar-refractivity contribution is 5.77. The van der Waals surface area contributed by atoms with Crippen LogP contribution in [-0.2, 0) is 19.1 Å². The highest BCUT2D eigenvalue weighted by atomic mass is 16.5. The molecule has 32 heavy (non-hydrogen) atoms. The van der Waals surface area contributed by atoms with E-state index >= 15 is 0 Å². The molecule has 0 aromatic carbocycles. The predicted octanol–water partition coefficient (Wildman–Crippen LogP) is 0.0910. The van der Waals surface area contributed by atoms with Gasteiger partial charge >= 0.3 is 5.97 Å². The van der Waals surface area contributed by atoms with Gasteiger partial charge in [-0.15, -0.1) is 0 Å². The summed E-state index contributed by atoms with van der Waals surface area (Å²) >= 11 is 0. The van der Waals surface area contributed by atoms with Crippen LogP contribution in [0.15, 0.2) is 0 Å². The number of hydrogen-bond donors (Lipinski definition) is 4. The molecule has 2 saturated heterocycles. The molecule has 5 N–H and O–H groups in total. The normalized spacial score (nSPS) is 48.2. The molecule has 5 fully saturated rings. The number of nitrogens with one attached hydrogen (secondary N) is 1. The molecule has 9 nitrogen and oxygen atoms in total. The van der Waals surface area contributed by atoms with Crippen molar-refractivity contribution < 1.29 is 29.3 Å². The van der Waals surface area contributed by atoms with Gasteiger partial charge in [0.05, 0.1) is 23.9 Å². The first-order chi connectivity index (χ1) is 15.2. The topological polar surface area (TPSA) is 134 Å². The minimum Gasteiger partial charge on any atom is -0.480 e. The quantitative estimate of drug-likeness (QED) is 0.428. The van der Waals surface area contributed by atoms with E-state index in [4.69, 9.17) is 15.2 Å². The van der Waals surface area contributed by atoms with Gasteiger partial charge in [-0.3, -0.25) is 14.9 Å². The van der Waals surface area contributed by atoms with E-state index in [0.717, 1.165) is 45.1 Å². The fraction of sp³-hybridized carbons (Fsp3) is 0.913. The van der Waals surface area contributed by atoms with E-state index in [1.807, 2.05) is 7.11 Å². The summed E-state index contributed by atoms with van der Waals surface area (Å²) in [6.07, 6.45) is 4.50. The van der Waals surface area contributed by atoms with Gasteiger partial charge in [-0.1, -0.05) is 0 Å². The number of carbonyl (C=O) groups excluding carboxylic acids is 1. The van der Waals surface area contributed by atoms with Crippen molar-refractivity contribution in [3.8, 4) is 0 Å². The zero-order chi connectivity index (χ0) is 22.8. The van der Waals surface area contributed by atoms with Gasteiger partial charge in [0.25, 0.3) is 0 Å². The summed E-state index contributed by atoms with van der Waals surface area (Å²) in [4.78, 5) is 25.7. The van der Waals surface area contributed by atoms with E-state index in [1.54, 1.807) is 0 Å². The summed E-state index contributed by atoms with van der Waals surface area (Å²) in [6, 6.07) is -0.738. The molecule has 2 aliphatic heterocycles. The lowest BCUT2D eigenvalue weighted by Gasteiger charge is -2.69. The molecule has 2 heterocycles. The summed E-state index contributed by atoms with van der Waals surface area (Å²) in [7, 11) is 4.01. The molecule has 3 saturated carbocycles. The number of primary amides is 1. The van der Waals surface area contributed by atoms with Crippen molar-refractivity contribution in [3.63, 3.8) is 0 Å². The Hall–Kier alpha value is -1.26. The lowest BCUT2D eigenvalue weighted by atomic mass is 9.42. The summed E-state index contributed by atoms with van der Waals surface area (Å²) in [5, 5.41) is 24.0. The molecule has 5 aliphatic rings. The Morgan fingerprint density at radius 3 is 2.78 bits per heavy atom. The first kappa shape index (κ1) is 22.5. The van der Waals surface area contributed by atoms with Crippen LogP contribution in [0.1, 0.15) is 51.4 Å². The zero-order valence-electron chi connectivity index (χ0n) is 19.0. The molecule has 1 amide bonds. The summed E-state index contributed by atoms with van der Waals surface area (Å²) in [5.41, 5.74) is 4.66. The number of hydrogen-bond acceptors (Lipinski definition) is 7. The van der Waals surface area contributed by atoms with Gasteiger partial charge in [0.15, 0.2) is 0 Å². The number of nitrogens with zero attached hydrogens (tertiary/aromatic N) is 1. The third-order valence-corrected chi connectivity index (χ3v) is 9.69. The number of rotatable bonds is 7. The smallest absolute Gasteiger partial charge is 0.320 e. The molecule has 0 aromatic rings. The molecule has 0 radical (unpaired) electrons. The second-order valence-corrected chi connectivity index (χ2v) is 10.8. The van der Waals surface area contributed by atoms with Crippen molar-refractivity contribution in [1.82, 2.24) is 10.2 Å². The summed E-state index contributed by atoms with van der Waals surface area (Å²) < 4.78 is 13.2. The van der Waals surface area contributed by atoms with Crippen molar-refractivity contribution in [2.24, 2.45) is 23.0 Å². The molecule has 9 heteroatoms. The number of methoxy groups -OCH3 is 1. The molecular weight excluding hydrogens is 414 g/mol. The van der Waals surface area contributed by atoms with Gasteiger partial charge in [-0.25, -0.2) is 0 Å². The van der Waals surface area contributed by atoms with Crippen LogP contribution in [0, 0.1) is 17.3 Å². The number of aliphatic hydroxyl groups excluding tert-OH is 1. The van der Waals surface area contributed by atoms with E-state index in [0.29, 0.717) is 12.0 Å². The standard InChI is InChI=1S/C23H37N3O6/c1-26-10-9-22-18-12-3-5-15(27)19(18)32-20(22)13(7-8-23(22,31-2)16(26)11-12)25-14(21(29)30)4-6-17(24)28/h12-16,18-20,25,27H,3-11H2,1-2H3,(H2,24,28)(H,29,30)/t12?,13-,14+,15?,16?,18?,19?,20+,22+,23-/m1/s1. The zero-order valence-corrected chi connectivity index (χ0v) is 19.0. The minimum atomic E-state index is -0.981. The van der Waals surface area contributed by atoms with Crippen LogP contribution in [0.4, 0.5) is 0 Å². The number of piperidine rings is 1. The fourth-order valence-electron chi connectivity index (χ4n) is 8.55. The second kappa shape index (κ2) is 7.91. The van der Waals surface area contributed by atoms with Crippen molar-refractivity contribution in [2.75, 3.05) is 20.7 Å². The average Bonchev–Trinajstić information content (AvgIpc) is 3.11. The number of carbonyl (C=O) groups is 2. The maximum atomic E-state index is 12.0. The van der Waals surface area contributed by atoms with Crippen molar-refractivity contribution in [1.29, 1.82) is 0 Å². The van der Waals surface area contributed by atoms with E-state index in [9.17, 15) is 19.8 Å². The maximum Gasteiger partial charge on any atom is 0.320 e. The number of aliphatic carboxylic acids is 1. The van der Waals surface area contributed by atoms with E-state index in [2.05, 4.69) is 17.3 Å². The van der Waals surface area contributed by atoms with Gasteiger partial charge in [-0.2, -0.15) is 0 Å². The van der Waals surface area contributed by atoms with E-state index in [1.165, 1.54) is 0 Å². The van der Waals surface area contributed by atoms with Gasteiger partial charge in [0.1, 0.15) is 6.04 Å². The monoisotopic (exact) mass is 451 g/mol. The van der Waals surface area contributed by atoms with Crippen molar-refractivity contribution in [3.05, 3.63) is 0 Å². The number of aliphatic hydroxyl groups is 1. The number of likely N-dealkylation sites (tertiary alicyclic amines) is 1. The molecule has 0 aromatic heterocycles. The highest BCUT2D eigenvalue weighted by Crippen LogP contribution is 2.70. The van der Waals surface area contributed by atoms with E-state index in [-0.39, 0.29) is 48.0 Å². The maximum absolute atomic E-state index is 12.0. The Balaban J connectivity index is 1.52. The Labute approximate surface area is 189 Å². The first-order valence-electron chi connectivity index (χ1n) is 12.1. The van der Waals surface area contributed by atoms with Gasteiger partial charge in [0.2, 0.25) is 5.91 Å². The number of carboxylic acid groups (broad SMARTS) is 1. The molecular formula is C23H37N3O6. The number of nitrogens with two attached hydrogens (primary N) is 1. The second-order valence-electron chi connectivity index (χ2n) is 10.8. The Morgan fingerprint density at radius 2 is 2.09 bits per heavy atom. The summed E-state index contributed by atoms with van der Waals surface area (Å²) in [5.74, 6) is -0.781. The lowest BCUT2D eigenvalue weighted by molar-refractivity contribution is -0.269. The van der Waals surface area contributed by atoms with Crippen LogP contribution >= 0.6 is 0 Å². The number of carboxylic acids is 1. The first-order valence-corrected chi connectivity index (χ1v) is 12.1. The molecule has 1 spiro atoms. The third kappa shape index (κ3) is 2.94. The Bertz CT molecular complexity index is 781. The Morgan fingerprint density at radius 1 is 1.31 bits per heavy atom. The van der Waals surface area contributed by atoms with Crippen molar-refractivity contribution >= 4 is 11.9 Å². The lowest BCUT2D eigenvalue weighted by Crippen LogP contribution is -2.78. The largest absolute Gasteiger partial charge is 0.480 e. The number of likely N-dealkylation sites (N-methyl/N-ethyl adjacent to an activating group) is 1. The minimum absolute atomic E-state index is 0.0221. The Kier molecular flexibility index (Phi) is 5.57. The summed E-state index contributed by atoms with van der Waals surface area (Å²) in [6.45, 7) is 0.943. The molecule has 2 bridgehead atoms. The average molecular weight is 452 g/mol. The number of amides is 1. The molecule has 10 atom stereocenters. The van der Waals surface area contributed by atoms with Crippen LogP contribution in [0.2, 0.25) is 0 Å². The molecule has 3 aliphatic carbocycles. The van der Waals surface area contributed by atoms with Crippen LogP contribution < -0.4 is 11.1 Å². The number of ether oxygens (including phenoxy) is 2. The highest BCUT2D eigenvalue weighted by Gasteiger charge is 2.78. The van der Waals surface area contributed by atoms with Gasteiger partial charge in [0, 0.05) is 36.9 Å². The third-order valence-electron chi connectivity index (χ3n) is 9.69. The van der Waals surface area contributed by atoms with Crippen molar-refractivity contribution in [2.45, 2.75) is 93.4 Å². The molecule has 5 rings (SSSR count). The van der Waals surface area contributed by atoms with E-state index < -0.39 is 24.0 Å². The van der Waals surface area contributed by atoms with Gasteiger partial charge in [-0.05, 0) is 64.5 Å². The SMILES string of the molecule is CO[C@]12CC[C@@H](N[C@@H](CCC(N)=O)C(=O)O)[C@@H]3OC4C(O)CCC5CC1N(C)CC[C@]32C54. The van der Waals surface area contributed by atoms with Crippen LogP contribution in [0.3, 0.4) is 0 Å². The van der Waals surface area contributed by atoms with Crippen LogP contribution in [0.25, 0.3) is 0 Å². The van der Waals surface area contributed by atoms with Crippen LogP contribution in [0.5, 0.6) is 0 Å².